The molecule has 4 aliphatic rings. The molecular weight excluding hydrogens is 590 g/mol. The molecule has 1 aliphatic heterocycles. The zero-order valence-electron chi connectivity index (χ0n) is 25.5. The van der Waals surface area contributed by atoms with Crippen molar-refractivity contribution in [1.82, 2.24) is 10.2 Å². The molecule has 1 saturated heterocycles. The van der Waals surface area contributed by atoms with Gasteiger partial charge < -0.3 is 20.1 Å². The van der Waals surface area contributed by atoms with Gasteiger partial charge in [0.15, 0.2) is 0 Å². The summed E-state index contributed by atoms with van der Waals surface area (Å²) >= 11 is 0. The largest absolute Gasteiger partial charge is 0.496 e. The molecule has 2 bridgehead atoms. The van der Waals surface area contributed by atoms with E-state index < -0.39 is 35.4 Å². The number of likely N-dealkylation sites (tertiary alicyclic amines) is 1. The molecule has 3 saturated carbocycles. The van der Waals surface area contributed by atoms with E-state index in [-0.39, 0.29) is 29.5 Å². The first kappa shape index (κ1) is 31.5. The van der Waals surface area contributed by atoms with Crippen molar-refractivity contribution in [3.8, 4) is 5.75 Å². The number of anilines is 1. The van der Waals surface area contributed by atoms with Gasteiger partial charge in [0.1, 0.15) is 11.6 Å². The van der Waals surface area contributed by atoms with E-state index in [1.807, 2.05) is 12.1 Å². The first-order valence-electron chi connectivity index (χ1n) is 15.7. The van der Waals surface area contributed by atoms with Crippen molar-refractivity contribution in [3.63, 3.8) is 0 Å². The second-order valence-corrected chi connectivity index (χ2v) is 12.6. The Kier molecular flexibility index (Phi) is 8.94. The van der Waals surface area contributed by atoms with Crippen LogP contribution < -0.4 is 15.4 Å². The monoisotopic (exact) mass is 629 g/mol. The molecule has 7 nitrogen and oxygen atoms in total. The van der Waals surface area contributed by atoms with E-state index in [4.69, 9.17) is 9.47 Å². The summed E-state index contributed by atoms with van der Waals surface area (Å²) in [7, 11) is 3.18. The van der Waals surface area contributed by atoms with Crippen LogP contribution in [0.15, 0.2) is 48.0 Å². The summed E-state index contributed by atoms with van der Waals surface area (Å²) in [6, 6.07) is 7.68. The summed E-state index contributed by atoms with van der Waals surface area (Å²) in [6.45, 7) is 2.34. The summed E-state index contributed by atoms with van der Waals surface area (Å²) in [4.78, 5) is 30.1. The Labute approximate surface area is 260 Å². The van der Waals surface area contributed by atoms with Crippen molar-refractivity contribution < 1.29 is 36.6 Å². The third-order valence-electron chi connectivity index (χ3n) is 9.89. The van der Waals surface area contributed by atoms with Gasteiger partial charge in [-0.1, -0.05) is 17.7 Å². The zero-order chi connectivity index (χ0) is 31.9. The van der Waals surface area contributed by atoms with Crippen LogP contribution in [0.5, 0.6) is 5.75 Å². The van der Waals surface area contributed by atoms with Gasteiger partial charge in [0.2, 0.25) is 5.91 Å². The second-order valence-electron chi connectivity index (χ2n) is 12.6. The molecule has 2 N–H and O–H groups in total. The normalized spacial score (nSPS) is 27.2. The molecule has 242 valence electrons. The van der Waals surface area contributed by atoms with Gasteiger partial charge in [0.25, 0.3) is 5.91 Å². The van der Waals surface area contributed by atoms with Crippen molar-refractivity contribution in [2.45, 2.75) is 56.8 Å². The molecule has 1 heterocycles. The molecule has 4 fully saturated rings. The van der Waals surface area contributed by atoms with Crippen LogP contribution in [0.1, 0.15) is 66.1 Å². The minimum absolute atomic E-state index is 0.0530. The first-order chi connectivity index (χ1) is 21.6. The van der Waals surface area contributed by atoms with Crippen molar-refractivity contribution in [1.29, 1.82) is 0 Å². The van der Waals surface area contributed by atoms with Gasteiger partial charge >= 0.3 is 6.18 Å². The number of fused-ring (bicyclic) bond motifs is 2. The number of benzene rings is 2. The van der Waals surface area contributed by atoms with Crippen molar-refractivity contribution in [3.05, 3.63) is 70.6 Å². The Bertz CT molecular complexity index is 1470. The lowest BCUT2D eigenvalue weighted by molar-refractivity contribution is -0.140. The van der Waals surface area contributed by atoms with Gasteiger partial charge in [-0.25, -0.2) is 4.39 Å². The summed E-state index contributed by atoms with van der Waals surface area (Å²) in [5.41, 5.74) is 0.943. The number of nitrogens with zero attached hydrogens (tertiary/aromatic N) is 1. The van der Waals surface area contributed by atoms with Crippen LogP contribution >= 0.6 is 0 Å². The molecule has 2 unspecified atom stereocenters. The molecule has 11 heteroatoms. The van der Waals surface area contributed by atoms with E-state index in [0.717, 1.165) is 68.8 Å². The van der Waals surface area contributed by atoms with Crippen molar-refractivity contribution in [2.75, 3.05) is 39.2 Å². The highest BCUT2D eigenvalue weighted by Crippen LogP contribution is 2.54. The van der Waals surface area contributed by atoms with Crippen molar-refractivity contribution in [2.24, 2.45) is 23.7 Å². The molecule has 2 aromatic rings. The molecule has 2 aromatic carbocycles. The number of amides is 2. The maximum Gasteiger partial charge on any atom is 0.419 e. The maximum absolute atomic E-state index is 14.0. The van der Waals surface area contributed by atoms with Crippen LogP contribution in [-0.2, 0) is 15.7 Å². The number of allylic oxidation sites excluding steroid dienone is 1. The Morgan fingerprint density at radius 2 is 1.80 bits per heavy atom. The van der Waals surface area contributed by atoms with Crippen LogP contribution in [-0.4, -0.2) is 56.7 Å². The number of alkyl halides is 3. The Morgan fingerprint density at radius 1 is 1.02 bits per heavy atom. The molecule has 0 aromatic heterocycles. The Balaban J connectivity index is 1.27. The zero-order valence-corrected chi connectivity index (χ0v) is 25.5. The fraction of sp³-hybridized carbons (Fsp3) is 0.529. The van der Waals surface area contributed by atoms with Gasteiger partial charge in [-0.05, 0) is 92.8 Å². The minimum Gasteiger partial charge on any atom is -0.496 e. The van der Waals surface area contributed by atoms with E-state index in [9.17, 15) is 27.2 Å². The number of hydrogen-bond donors (Lipinski definition) is 2. The average molecular weight is 630 g/mol. The molecule has 2 amide bonds. The highest BCUT2D eigenvalue weighted by Gasteiger charge is 2.55. The van der Waals surface area contributed by atoms with Crippen LogP contribution in [0, 0.1) is 29.5 Å². The summed E-state index contributed by atoms with van der Waals surface area (Å²) in [5, 5.41) is 5.76. The second kappa shape index (κ2) is 12.7. The predicted octanol–water partition coefficient (Wildman–Crippen LogP) is 6.37. The summed E-state index contributed by atoms with van der Waals surface area (Å²) < 4.78 is 64.9. The number of halogens is 4. The minimum atomic E-state index is -4.90. The number of carbonyl (C=O) groups is 2. The molecule has 0 radical (unpaired) electrons. The maximum atomic E-state index is 14.0. The third-order valence-corrected chi connectivity index (χ3v) is 9.89. The standard InChI is InChI=1S/C34H39F4N3O4/c1-44-15-14-41-13-3-4-28(41)20-7-12-29(45-2)25(17-20)32(42)40-31-23-10-9-22(24(23)16-19-5-6-19)30(31)33(43)39-21-8-11-27(35)26(18-21)34(36,37)38/h7-8,11-12,16-19,22-23,28,30-31H,3-6,9-10,13-15H2,1-2H3,(H,39,43)(H,40,42)/b24-16-/t22?,23-,28?,30+,31-/m1/s1. The lowest BCUT2D eigenvalue weighted by atomic mass is 9.83. The van der Waals surface area contributed by atoms with E-state index in [1.165, 1.54) is 7.11 Å². The fourth-order valence-corrected chi connectivity index (χ4v) is 7.63. The van der Waals surface area contributed by atoms with Gasteiger partial charge in [-0.2, -0.15) is 13.2 Å². The highest BCUT2D eigenvalue weighted by atomic mass is 19.4. The topological polar surface area (TPSA) is 79.9 Å². The molecule has 0 spiro atoms. The lowest BCUT2D eigenvalue weighted by Crippen LogP contribution is -2.48. The summed E-state index contributed by atoms with van der Waals surface area (Å²) in [5.74, 6) is -2.26. The SMILES string of the molecule is COCCN1CCCC1c1ccc(OC)c(C(=O)N[C@@H]2[C@@H]3CCC(/C3=C/C3CC3)[C@@H]2C(=O)Nc2ccc(F)c(C(F)(F)F)c2)c1. The molecule has 5 atom stereocenters. The van der Waals surface area contributed by atoms with Gasteiger partial charge in [-0.15, -0.1) is 0 Å². The number of hydrogen-bond acceptors (Lipinski definition) is 5. The van der Waals surface area contributed by atoms with Crippen LogP contribution in [0.4, 0.5) is 23.2 Å². The molecule has 3 aliphatic carbocycles. The molecular formula is C34H39F4N3O4. The number of rotatable bonds is 10. The Morgan fingerprint density at radius 3 is 2.51 bits per heavy atom. The van der Waals surface area contributed by atoms with Gasteiger partial charge in [-0.3, -0.25) is 14.5 Å². The van der Waals surface area contributed by atoms with Crippen molar-refractivity contribution >= 4 is 17.5 Å². The van der Waals surface area contributed by atoms with E-state index in [2.05, 4.69) is 21.6 Å². The quantitative estimate of drug-likeness (QED) is 0.236. The number of methoxy groups -OCH3 is 2. The first-order valence-corrected chi connectivity index (χ1v) is 15.7. The van der Waals surface area contributed by atoms with E-state index in [0.29, 0.717) is 36.0 Å². The number of ether oxygens (including phenoxy) is 2. The summed E-state index contributed by atoms with van der Waals surface area (Å²) in [6.07, 6.45) is 3.06. The third kappa shape index (κ3) is 6.47. The average Bonchev–Trinajstić information content (AvgIpc) is 3.45. The molecule has 6 rings (SSSR count). The lowest BCUT2D eigenvalue weighted by Gasteiger charge is -2.31. The van der Waals surface area contributed by atoms with E-state index in [1.54, 1.807) is 13.2 Å². The predicted molar refractivity (Wildman–Crippen MR) is 160 cm³/mol. The van der Waals surface area contributed by atoms with Crippen LogP contribution in [0.3, 0.4) is 0 Å². The fourth-order valence-electron chi connectivity index (χ4n) is 7.63. The Hall–Kier alpha value is -3.44. The van der Waals surface area contributed by atoms with Crippen LogP contribution in [0.2, 0.25) is 0 Å². The number of carbonyl (C=O) groups excluding carboxylic acids is 2. The number of nitrogens with one attached hydrogen (secondary N) is 2. The van der Waals surface area contributed by atoms with Gasteiger partial charge in [0, 0.05) is 37.3 Å². The smallest absolute Gasteiger partial charge is 0.419 e. The van der Waals surface area contributed by atoms with E-state index >= 15 is 0 Å². The van der Waals surface area contributed by atoms with Crippen LogP contribution in [0.25, 0.3) is 0 Å². The van der Waals surface area contributed by atoms with Gasteiger partial charge in [0.05, 0.1) is 30.8 Å². The molecule has 45 heavy (non-hydrogen) atoms. The highest BCUT2D eigenvalue weighted by molar-refractivity contribution is 5.99.